The van der Waals surface area contributed by atoms with Gasteiger partial charge in [0, 0.05) is 25.3 Å². The number of fused-ring (bicyclic) bond motifs is 1. The highest BCUT2D eigenvalue weighted by Gasteiger charge is 2.35. The van der Waals surface area contributed by atoms with Crippen LogP contribution in [0.25, 0.3) is 11.7 Å². The first-order valence-electron chi connectivity index (χ1n) is 10.8. The van der Waals surface area contributed by atoms with Gasteiger partial charge in [-0.3, -0.25) is 18.9 Å². The molecule has 0 N–H and O–H groups in total. The number of piperidine rings is 1. The fraction of sp³-hybridized carbons (Fsp3) is 0.478. The minimum atomic E-state index is -0.166. The minimum Gasteiger partial charge on any atom is -0.355 e. The van der Waals surface area contributed by atoms with Gasteiger partial charge in [0.1, 0.15) is 15.8 Å². The van der Waals surface area contributed by atoms with Gasteiger partial charge in [-0.05, 0) is 49.8 Å². The van der Waals surface area contributed by atoms with Crippen LogP contribution in [0.1, 0.15) is 46.1 Å². The molecule has 2 aromatic heterocycles. The number of carbonyl (C=O) groups excluding carboxylic acids is 1. The van der Waals surface area contributed by atoms with Crippen molar-refractivity contribution < 1.29 is 4.79 Å². The van der Waals surface area contributed by atoms with Crippen molar-refractivity contribution >= 4 is 51.7 Å². The molecule has 0 bridgehead atoms. The number of pyridine rings is 1. The summed E-state index contributed by atoms with van der Waals surface area (Å²) in [5, 5.41) is 0. The zero-order valence-corrected chi connectivity index (χ0v) is 20.0. The number of hydrogen-bond acceptors (Lipinski definition) is 6. The monoisotopic (exact) mass is 456 g/mol. The Bertz CT molecular complexity index is 1120. The molecule has 4 rings (SSSR count). The highest BCUT2D eigenvalue weighted by molar-refractivity contribution is 8.26. The van der Waals surface area contributed by atoms with Gasteiger partial charge in [-0.25, -0.2) is 4.98 Å². The summed E-state index contributed by atoms with van der Waals surface area (Å²) < 4.78 is 2.09. The topological polar surface area (TPSA) is 57.9 Å². The highest BCUT2D eigenvalue weighted by Crippen LogP contribution is 2.36. The Kier molecular flexibility index (Phi) is 6.21. The standard InChI is InChI=1S/C23H28N4O2S2/c1-5-16(4)27-22(29)18(31-23(27)30)11-17-20(25-12-14(2)10-15(3)13-25)24-19-8-6-7-9-26(19)21(17)28/h6-9,11,14-16H,5,10,12-13H2,1-4H3/b18-11-/t14-,15-,16+/m1/s1. The van der Waals surface area contributed by atoms with Crippen LogP contribution in [0.4, 0.5) is 5.82 Å². The lowest BCUT2D eigenvalue weighted by Gasteiger charge is -2.36. The maximum absolute atomic E-state index is 13.5. The van der Waals surface area contributed by atoms with Gasteiger partial charge in [0.05, 0.1) is 10.5 Å². The third-order valence-electron chi connectivity index (χ3n) is 6.05. The van der Waals surface area contributed by atoms with Gasteiger partial charge in [-0.2, -0.15) is 0 Å². The van der Waals surface area contributed by atoms with E-state index >= 15 is 0 Å². The van der Waals surface area contributed by atoms with E-state index in [-0.39, 0.29) is 17.5 Å². The van der Waals surface area contributed by atoms with Crippen LogP contribution in [0.5, 0.6) is 0 Å². The highest BCUT2D eigenvalue weighted by atomic mass is 32.2. The first kappa shape index (κ1) is 22.0. The van der Waals surface area contributed by atoms with E-state index in [1.165, 1.54) is 11.8 Å². The fourth-order valence-corrected chi connectivity index (χ4v) is 5.91. The normalized spacial score (nSPS) is 24.5. The first-order valence-corrected chi connectivity index (χ1v) is 12.1. The van der Waals surface area contributed by atoms with Gasteiger partial charge < -0.3 is 4.90 Å². The number of thiocarbonyl (C=S) groups is 1. The van der Waals surface area contributed by atoms with E-state index in [2.05, 4.69) is 18.7 Å². The molecule has 1 amide bonds. The first-order chi connectivity index (χ1) is 14.8. The van der Waals surface area contributed by atoms with Crippen molar-refractivity contribution in [3.05, 3.63) is 45.2 Å². The zero-order chi connectivity index (χ0) is 22.3. The molecule has 2 aliphatic heterocycles. The van der Waals surface area contributed by atoms with Crippen LogP contribution in [-0.2, 0) is 4.79 Å². The average molecular weight is 457 g/mol. The second-order valence-electron chi connectivity index (χ2n) is 8.74. The Morgan fingerprint density at radius 1 is 1.26 bits per heavy atom. The van der Waals surface area contributed by atoms with Crippen LogP contribution in [0, 0.1) is 11.8 Å². The van der Waals surface area contributed by atoms with E-state index in [0.29, 0.717) is 38.1 Å². The quantitative estimate of drug-likeness (QED) is 0.508. The molecule has 164 valence electrons. The zero-order valence-electron chi connectivity index (χ0n) is 18.4. The molecule has 31 heavy (non-hydrogen) atoms. The summed E-state index contributed by atoms with van der Waals surface area (Å²) in [5.41, 5.74) is 0.896. The largest absolute Gasteiger partial charge is 0.355 e. The number of rotatable bonds is 4. The van der Waals surface area contributed by atoms with Crippen LogP contribution in [0.15, 0.2) is 34.1 Å². The number of carbonyl (C=O) groups is 1. The van der Waals surface area contributed by atoms with Gasteiger partial charge >= 0.3 is 0 Å². The lowest BCUT2D eigenvalue weighted by Crippen LogP contribution is -2.40. The van der Waals surface area contributed by atoms with Crippen LogP contribution in [-0.4, -0.2) is 43.6 Å². The molecule has 0 unspecified atom stereocenters. The SMILES string of the molecule is CC[C@H](C)N1C(=O)/C(=C/c2c(N3C[C@H](C)C[C@@H](C)C3)nc3ccccn3c2=O)SC1=S. The molecule has 2 saturated heterocycles. The predicted octanol–water partition coefficient (Wildman–Crippen LogP) is 4.18. The van der Waals surface area contributed by atoms with Gasteiger partial charge in [0.2, 0.25) is 0 Å². The number of amides is 1. The molecule has 0 saturated carbocycles. The third-order valence-corrected chi connectivity index (χ3v) is 7.38. The second kappa shape index (κ2) is 8.74. The third kappa shape index (κ3) is 4.15. The molecule has 2 fully saturated rings. The number of hydrogen-bond donors (Lipinski definition) is 0. The molecule has 0 aromatic carbocycles. The van der Waals surface area contributed by atoms with E-state index < -0.39 is 0 Å². The predicted molar refractivity (Wildman–Crippen MR) is 131 cm³/mol. The minimum absolute atomic E-state index is 0.0255. The molecule has 2 aromatic rings. The number of thioether (sulfide) groups is 1. The molecule has 2 aliphatic rings. The van der Waals surface area contributed by atoms with Crippen molar-refractivity contribution in [2.75, 3.05) is 18.0 Å². The molecule has 0 radical (unpaired) electrons. The van der Waals surface area contributed by atoms with Crippen molar-refractivity contribution in [2.24, 2.45) is 11.8 Å². The molecule has 0 spiro atoms. The molecule has 6 nitrogen and oxygen atoms in total. The summed E-state index contributed by atoms with van der Waals surface area (Å²) in [4.78, 5) is 35.8. The van der Waals surface area contributed by atoms with Crippen molar-refractivity contribution in [2.45, 2.75) is 46.6 Å². The van der Waals surface area contributed by atoms with Crippen LogP contribution >= 0.6 is 24.0 Å². The maximum atomic E-state index is 13.5. The number of aromatic nitrogens is 2. The molecule has 3 atom stereocenters. The van der Waals surface area contributed by atoms with Crippen molar-refractivity contribution in [1.29, 1.82) is 0 Å². The van der Waals surface area contributed by atoms with E-state index in [0.717, 1.165) is 25.9 Å². The molecular formula is C23H28N4O2S2. The average Bonchev–Trinajstić information content (AvgIpc) is 3.01. The van der Waals surface area contributed by atoms with Crippen LogP contribution in [0.2, 0.25) is 0 Å². The van der Waals surface area contributed by atoms with Gasteiger partial charge in [0.15, 0.2) is 0 Å². The van der Waals surface area contributed by atoms with E-state index in [1.54, 1.807) is 21.6 Å². The van der Waals surface area contributed by atoms with Crippen LogP contribution in [0.3, 0.4) is 0 Å². The Labute approximate surface area is 192 Å². The summed E-state index contributed by atoms with van der Waals surface area (Å²) in [6.07, 6.45) is 5.40. The Hall–Kier alpha value is -2.19. The van der Waals surface area contributed by atoms with Crippen molar-refractivity contribution in [3.8, 4) is 0 Å². The van der Waals surface area contributed by atoms with Gasteiger partial charge in [-0.1, -0.05) is 50.8 Å². The second-order valence-corrected chi connectivity index (χ2v) is 10.4. The molecule has 0 aliphatic carbocycles. The van der Waals surface area contributed by atoms with E-state index in [1.807, 2.05) is 32.0 Å². The number of nitrogens with zero attached hydrogens (tertiary/aromatic N) is 4. The smallest absolute Gasteiger partial charge is 0.267 e. The summed E-state index contributed by atoms with van der Waals surface area (Å²) in [6, 6.07) is 5.56. The van der Waals surface area contributed by atoms with E-state index in [9.17, 15) is 9.59 Å². The molecule has 8 heteroatoms. The molecular weight excluding hydrogens is 428 g/mol. The summed E-state index contributed by atoms with van der Waals surface area (Å²) in [6.45, 7) is 10.2. The van der Waals surface area contributed by atoms with Gasteiger partial charge in [-0.15, -0.1) is 0 Å². The summed E-state index contributed by atoms with van der Waals surface area (Å²) >= 11 is 6.74. The Morgan fingerprint density at radius 3 is 2.65 bits per heavy atom. The lowest BCUT2D eigenvalue weighted by molar-refractivity contribution is -0.123. The summed E-state index contributed by atoms with van der Waals surface area (Å²) in [5.74, 6) is 1.55. The van der Waals surface area contributed by atoms with E-state index in [4.69, 9.17) is 17.2 Å². The van der Waals surface area contributed by atoms with Crippen LogP contribution < -0.4 is 10.5 Å². The van der Waals surface area contributed by atoms with Gasteiger partial charge in [0.25, 0.3) is 11.5 Å². The van der Waals surface area contributed by atoms with Crippen molar-refractivity contribution in [1.82, 2.24) is 14.3 Å². The lowest BCUT2D eigenvalue weighted by atomic mass is 9.91. The Balaban J connectivity index is 1.86. The molecule has 4 heterocycles. The van der Waals surface area contributed by atoms with Crippen molar-refractivity contribution in [3.63, 3.8) is 0 Å². The number of anilines is 1. The maximum Gasteiger partial charge on any atom is 0.267 e. The summed E-state index contributed by atoms with van der Waals surface area (Å²) in [7, 11) is 0. The fourth-order valence-electron chi connectivity index (χ4n) is 4.47. The Morgan fingerprint density at radius 2 is 1.97 bits per heavy atom.